The van der Waals surface area contributed by atoms with Crippen LogP contribution in [0.4, 0.5) is 11.4 Å². The highest BCUT2D eigenvalue weighted by Crippen LogP contribution is 2.49. The largest absolute Gasteiger partial charge is 0.595 e. The Morgan fingerprint density at radius 1 is 1.00 bits per heavy atom. The Bertz CT molecular complexity index is 1790. The summed E-state index contributed by atoms with van der Waals surface area (Å²) in [6, 6.07) is 13.6. The molecule has 1 fully saturated rings. The summed E-state index contributed by atoms with van der Waals surface area (Å²) < 4.78 is 12.6. The molecule has 2 unspecified atom stereocenters. The smallest absolute Gasteiger partial charge is 0.315 e. The first-order chi connectivity index (χ1) is 21.7. The van der Waals surface area contributed by atoms with Crippen LogP contribution in [0.5, 0.6) is 11.5 Å². The average Bonchev–Trinajstić information content (AvgIpc) is 3.34. The minimum Gasteiger partial charge on any atom is -0.595 e. The number of piperidine rings is 1. The molecule has 2 bridgehead atoms. The van der Waals surface area contributed by atoms with Crippen LogP contribution in [0.2, 0.25) is 0 Å². The fraction of sp³-hybridized carbons (Fsp3) is 0.375. The second kappa shape index (κ2) is 11.0. The van der Waals surface area contributed by atoms with Gasteiger partial charge >= 0.3 is 5.56 Å². The molecular formula is C32H33N5O8. The number of likely N-dealkylation sites (tertiary alicyclic amines) is 1. The fourth-order valence-electron chi connectivity index (χ4n) is 7.52. The van der Waals surface area contributed by atoms with Crippen LogP contribution in [0.15, 0.2) is 53.3 Å². The molecule has 4 aliphatic rings. The standard InChI is InChI=1S/C32H33N5O8/c1-44-25-12-9-21-27(28(25)45-2)32(41)36-23-7-4-3-6-20(23)30(39)34(29(21)36)13-5-8-26(38)33-15-18-14-19(17-33)22-10-11-24(37(42)43)31(40)35(22)16-18/h3-4,6-7,9-12,18-19,29,37,42H,5,8,13-17H2,1-2H3/t18-,19+,29?/m1/s1. The quantitative estimate of drug-likeness (QED) is 0.383. The number of pyridine rings is 1. The van der Waals surface area contributed by atoms with Gasteiger partial charge in [-0.05, 0) is 43.0 Å². The number of ether oxygens (including phenoxy) is 2. The van der Waals surface area contributed by atoms with Crippen LogP contribution < -0.4 is 25.2 Å². The van der Waals surface area contributed by atoms with Crippen LogP contribution in [0.3, 0.4) is 0 Å². The van der Waals surface area contributed by atoms with E-state index < -0.39 is 17.0 Å². The number of carbonyl (C=O) groups excluding carboxylic acids is 3. The van der Waals surface area contributed by atoms with Crippen molar-refractivity contribution in [2.75, 3.05) is 38.8 Å². The summed E-state index contributed by atoms with van der Waals surface area (Å²) in [4.78, 5) is 59.1. The van der Waals surface area contributed by atoms with Gasteiger partial charge in [0.1, 0.15) is 6.17 Å². The lowest BCUT2D eigenvalue weighted by Crippen LogP contribution is -3.00. The molecule has 3 aromatic rings. The molecule has 13 heteroatoms. The fourth-order valence-corrected chi connectivity index (χ4v) is 7.52. The van der Waals surface area contributed by atoms with Gasteiger partial charge in [0.05, 0.1) is 31.0 Å². The summed E-state index contributed by atoms with van der Waals surface area (Å²) in [7, 11) is 2.98. The maximum absolute atomic E-state index is 13.9. The van der Waals surface area contributed by atoms with Gasteiger partial charge in [-0.1, -0.05) is 18.2 Å². The molecule has 4 atom stereocenters. The van der Waals surface area contributed by atoms with Gasteiger partial charge < -0.3 is 29.0 Å². The molecule has 7 rings (SSSR count). The predicted molar refractivity (Wildman–Crippen MR) is 160 cm³/mol. The van der Waals surface area contributed by atoms with Gasteiger partial charge in [0.2, 0.25) is 11.6 Å². The number of nitrogens with one attached hydrogen (secondary N) is 1. The highest BCUT2D eigenvalue weighted by Gasteiger charge is 2.49. The Labute approximate surface area is 258 Å². The number of nitrogens with zero attached hydrogens (tertiary/aromatic N) is 4. The maximum atomic E-state index is 13.9. The van der Waals surface area contributed by atoms with E-state index in [1.165, 1.54) is 20.3 Å². The van der Waals surface area contributed by atoms with Crippen LogP contribution in [-0.2, 0) is 11.3 Å². The van der Waals surface area contributed by atoms with Gasteiger partial charge in [-0.2, -0.15) is 5.23 Å². The molecule has 0 spiro atoms. The summed E-state index contributed by atoms with van der Waals surface area (Å²) in [5.41, 5.74) is 1.93. The second-order valence-corrected chi connectivity index (χ2v) is 11.9. The molecule has 4 aliphatic heterocycles. The number of quaternary nitrogens is 1. The molecule has 1 aromatic heterocycles. The molecule has 3 amide bonds. The lowest BCUT2D eigenvalue weighted by molar-refractivity contribution is -0.992. The summed E-state index contributed by atoms with van der Waals surface area (Å²) in [5, 5.41) is 19.6. The minimum atomic E-state index is -1.24. The Balaban J connectivity index is 1.10. The monoisotopic (exact) mass is 615 g/mol. The first-order valence-electron chi connectivity index (χ1n) is 15.0. The molecular weight excluding hydrogens is 582 g/mol. The second-order valence-electron chi connectivity index (χ2n) is 11.9. The summed E-state index contributed by atoms with van der Waals surface area (Å²) in [6.45, 7) is 1.54. The number of carbonyl (C=O) groups is 3. The Morgan fingerprint density at radius 2 is 1.80 bits per heavy atom. The number of benzene rings is 2. The zero-order valence-electron chi connectivity index (χ0n) is 24.9. The molecule has 13 nitrogen and oxygen atoms in total. The van der Waals surface area contributed by atoms with Crippen molar-refractivity contribution in [2.24, 2.45) is 5.92 Å². The molecule has 2 aromatic carbocycles. The van der Waals surface area contributed by atoms with E-state index in [4.69, 9.17) is 9.47 Å². The lowest BCUT2D eigenvalue weighted by Gasteiger charge is -2.43. The van der Waals surface area contributed by atoms with Gasteiger partial charge in [0.15, 0.2) is 11.5 Å². The van der Waals surface area contributed by atoms with Crippen LogP contribution >= 0.6 is 0 Å². The number of hydrogen-bond donors (Lipinski definition) is 2. The van der Waals surface area contributed by atoms with Crippen LogP contribution in [0, 0.1) is 11.1 Å². The Morgan fingerprint density at radius 3 is 2.56 bits per heavy atom. The normalized spacial score (nSPS) is 22.0. The zero-order valence-corrected chi connectivity index (χ0v) is 24.9. The van der Waals surface area contributed by atoms with Gasteiger partial charge in [-0.15, -0.1) is 0 Å². The summed E-state index contributed by atoms with van der Waals surface area (Å²) in [6.07, 6.45) is 0.730. The van der Waals surface area contributed by atoms with E-state index in [1.807, 2.05) is 4.90 Å². The average molecular weight is 616 g/mol. The van der Waals surface area contributed by atoms with Crippen molar-refractivity contribution in [3.8, 4) is 11.5 Å². The first-order valence-corrected chi connectivity index (χ1v) is 15.0. The molecule has 45 heavy (non-hydrogen) atoms. The van der Waals surface area contributed by atoms with Crippen molar-refractivity contribution < 1.29 is 34.3 Å². The van der Waals surface area contributed by atoms with E-state index in [9.17, 15) is 29.6 Å². The maximum Gasteiger partial charge on any atom is 0.315 e. The third kappa shape index (κ3) is 4.49. The van der Waals surface area contributed by atoms with E-state index in [0.29, 0.717) is 59.9 Å². The molecule has 0 saturated carbocycles. The highest BCUT2D eigenvalue weighted by molar-refractivity contribution is 6.18. The van der Waals surface area contributed by atoms with Crippen molar-refractivity contribution in [1.29, 1.82) is 0 Å². The van der Waals surface area contributed by atoms with Gasteiger partial charge in [-0.3, -0.25) is 24.1 Å². The summed E-state index contributed by atoms with van der Waals surface area (Å²) in [5.74, 6) is 0.169. The lowest BCUT2D eigenvalue weighted by atomic mass is 9.83. The number of anilines is 1. The number of aromatic nitrogens is 1. The van der Waals surface area contributed by atoms with Crippen LogP contribution in [0.25, 0.3) is 0 Å². The number of fused-ring (bicyclic) bond motifs is 9. The predicted octanol–water partition coefficient (Wildman–Crippen LogP) is 1.81. The van der Waals surface area contributed by atoms with Crippen molar-refractivity contribution in [2.45, 2.75) is 37.9 Å². The van der Waals surface area contributed by atoms with Gasteiger partial charge in [-0.25, -0.2) is 5.21 Å². The Kier molecular flexibility index (Phi) is 7.10. The number of para-hydroxylation sites is 1. The van der Waals surface area contributed by atoms with Crippen molar-refractivity contribution in [3.05, 3.63) is 86.5 Å². The van der Waals surface area contributed by atoms with E-state index in [1.54, 1.807) is 56.8 Å². The van der Waals surface area contributed by atoms with E-state index in [0.717, 1.165) is 12.1 Å². The van der Waals surface area contributed by atoms with E-state index >= 15 is 0 Å². The zero-order chi connectivity index (χ0) is 31.6. The first kappa shape index (κ1) is 29.0. The number of methoxy groups -OCH3 is 2. The molecule has 5 heterocycles. The third-order valence-electron chi connectivity index (χ3n) is 9.46. The topological polar surface area (TPSA) is 149 Å². The van der Waals surface area contributed by atoms with Crippen LogP contribution in [-0.4, -0.2) is 71.1 Å². The molecule has 0 radical (unpaired) electrons. The molecule has 234 valence electrons. The molecule has 1 saturated heterocycles. The highest BCUT2D eigenvalue weighted by atomic mass is 16.8. The van der Waals surface area contributed by atoms with Gasteiger partial charge in [0, 0.05) is 55.8 Å². The van der Waals surface area contributed by atoms with Crippen molar-refractivity contribution in [3.63, 3.8) is 0 Å². The van der Waals surface area contributed by atoms with Gasteiger partial charge in [0.25, 0.3) is 11.8 Å². The van der Waals surface area contributed by atoms with Crippen molar-refractivity contribution in [1.82, 2.24) is 14.4 Å². The minimum absolute atomic E-state index is 0.0429. The Hall–Kier alpha value is -4.72. The number of hydrogen-bond acceptors (Lipinski definition) is 8. The van der Waals surface area contributed by atoms with Crippen LogP contribution in [0.1, 0.15) is 63.3 Å². The van der Waals surface area contributed by atoms with Crippen molar-refractivity contribution >= 4 is 29.1 Å². The summed E-state index contributed by atoms with van der Waals surface area (Å²) >= 11 is 0. The molecule has 0 aliphatic carbocycles. The van der Waals surface area contributed by atoms with E-state index in [2.05, 4.69) is 0 Å². The van der Waals surface area contributed by atoms with E-state index in [-0.39, 0.29) is 48.2 Å². The SMILES string of the molecule is COc1ccc2c(c1OC)C(=O)N1c3ccccc3C(=O)N(CCCC(=O)N3C[C@H]4C[C@@H](C3)c3ccc([NH+]([O-])O)c(=O)n3C4)C21. The third-order valence-corrected chi connectivity index (χ3v) is 9.46. The number of rotatable bonds is 7. The number of amides is 3. The molecule has 2 N–H and O–H groups in total.